The summed E-state index contributed by atoms with van der Waals surface area (Å²) in [5, 5.41) is 2.74. The van der Waals surface area contributed by atoms with E-state index >= 15 is 0 Å². The predicted molar refractivity (Wildman–Crippen MR) is 61.1 cm³/mol. The second-order valence-electron chi connectivity index (χ2n) is 3.90. The van der Waals surface area contributed by atoms with Gasteiger partial charge in [0.15, 0.2) is 0 Å². The minimum Gasteiger partial charge on any atom is -0.491 e. The highest BCUT2D eigenvalue weighted by molar-refractivity contribution is 5.96. The molecule has 2 rings (SSSR count). The van der Waals surface area contributed by atoms with E-state index in [0.29, 0.717) is 23.6 Å². The average Bonchev–Trinajstić information content (AvgIpc) is 2.48. The molecule has 1 aliphatic rings. The standard InChI is InChI=1S/C12H13NO4/c1-7-6-17-10-5-8(12(15)16-2)3-4-9(10)13-11(7)14/h3-5,7H,6H2,1-2H3,(H,13,14). The van der Waals surface area contributed by atoms with Crippen molar-refractivity contribution in [2.24, 2.45) is 5.92 Å². The van der Waals surface area contributed by atoms with Gasteiger partial charge in [-0.2, -0.15) is 0 Å². The number of carbonyl (C=O) groups excluding carboxylic acids is 2. The van der Waals surface area contributed by atoms with Gasteiger partial charge in [-0.3, -0.25) is 4.79 Å². The summed E-state index contributed by atoms with van der Waals surface area (Å²) >= 11 is 0. The van der Waals surface area contributed by atoms with Crippen LogP contribution in [0.5, 0.6) is 5.75 Å². The number of nitrogens with one attached hydrogen (secondary N) is 1. The molecular formula is C12H13NO4. The summed E-state index contributed by atoms with van der Waals surface area (Å²) in [5.74, 6) is -0.246. The van der Waals surface area contributed by atoms with Crippen LogP contribution >= 0.6 is 0 Å². The van der Waals surface area contributed by atoms with E-state index in [2.05, 4.69) is 10.1 Å². The van der Waals surface area contributed by atoms with E-state index in [9.17, 15) is 9.59 Å². The Morgan fingerprint density at radius 3 is 3.00 bits per heavy atom. The maximum atomic E-state index is 11.6. The Labute approximate surface area is 98.7 Å². The lowest BCUT2D eigenvalue weighted by molar-refractivity contribution is -0.119. The monoisotopic (exact) mass is 235 g/mol. The molecule has 17 heavy (non-hydrogen) atoms. The van der Waals surface area contributed by atoms with Crippen molar-refractivity contribution in [1.29, 1.82) is 0 Å². The first kappa shape index (κ1) is 11.4. The molecule has 1 atom stereocenters. The SMILES string of the molecule is COC(=O)c1ccc2c(c1)OCC(C)C(=O)N2. The molecule has 90 valence electrons. The van der Waals surface area contributed by atoms with Crippen LogP contribution in [0, 0.1) is 5.92 Å². The fourth-order valence-corrected chi connectivity index (χ4v) is 1.54. The van der Waals surface area contributed by atoms with Crippen molar-refractivity contribution in [3.8, 4) is 5.75 Å². The van der Waals surface area contributed by atoms with Gasteiger partial charge in [-0.25, -0.2) is 4.79 Å². The summed E-state index contributed by atoms with van der Waals surface area (Å²) in [6.07, 6.45) is 0. The quantitative estimate of drug-likeness (QED) is 0.748. The minimum absolute atomic E-state index is 0.0884. The molecule has 1 aliphatic heterocycles. The van der Waals surface area contributed by atoms with Crippen molar-refractivity contribution in [2.75, 3.05) is 19.0 Å². The van der Waals surface area contributed by atoms with Gasteiger partial charge in [0.1, 0.15) is 5.75 Å². The second-order valence-corrected chi connectivity index (χ2v) is 3.90. The number of fused-ring (bicyclic) bond motifs is 1. The molecular weight excluding hydrogens is 222 g/mol. The summed E-state index contributed by atoms with van der Waals surface area (Å²) in [4.78, 5) is 22.9. The molecule has 0 saturated heterocycles. The van der Waals surface area contributed by atoms with Crippen LogP contribution < -0.4 is 10.1 Å². The Morgan fingerprint density at radius 1 is 1.53 bits per heavy atom. The third-order valence-electron chi connectivity index (χ3n) is 2.60. The van der Waals surface area contributed by atoms with Crippen molar-refractivity contribution in [1.82, 2.24) is 0 Å². The van der Waals surface area contributed by atoms with Gasteiger partial charge in [-0.15, -0.1) is 0 Å². The molecule has 1 amide bonds. The summed E-state index contributed by atoms with van der Waals surface area (Å²) < 4.78 is 10.1. The molecule has 0 radical (unpaired) electrons. The van der Waals surface area contributed by atoms with E-state index in [1.54, 1.807) is 25.1 Å². The Bertz CT molecular complexity index is 470. The first-order chi connectivity index (χ1) is 8.11. The molecule has 1 N–H and O–H groups in total. The van der Waals surface area contributed by atoms with Crippen LogP contribution in [-0.4, -0.2) is 25.6 Å². The molecule has 5 heteroatoms. The molecule has 0 aliphatic carbocycles. The van der Waals surface area contributed by atoms with Crippen LogP contribution in [0.2, 0.25) is 0 Å². The van der Waals surface area contributed by atoms with E-state index in [1.165, 1.54) is 7.11 Å². The molecule has 1 aromatic rings. The molecule has 0 spiro atoms. The molecule has 0 bridgehead atoms. The Kier molecular flexibility index (Phi) is 2.99. The molecule has 1 unspecified atom stereocenters. The number of carbonyl (C=O) groups is 2. The second kappa shape index (κ2) is 4.45. The smallest absolute Gasteiger partial charge is 0.337 e. The van der Waals surface area contributed by atoms with E-state index in [0.717, 1.165) is 0 Å². The van der Waals surface area contributed by atoms with Crippen LogP contribution in [0.15, 0.2) is 18.2 Å². The zero-order chi connectivity index (χ0) is 12.4. The number of hydrogen-bond donors (Lipinski definition) is 1. The highest BCUT2D eigenvalue weighted by Gasteiger charge is 2.21. The van der Waals surface area contributed by atoms with Gasteiger partial charge >= 0.3 is 5.97 Å². The number of methoxy groups -OCH3 is 1. The van der Waals surface area contributed by atoms with E-state index in [4.69, 9.17) is 4.74 Å². The van der Waals surface area contributed by atoms with Crippen molar-refractivity contribution in [3.05, 3.63) is 23.8 Å². The highest BCUT2D eigenvalue weighted by atomic mass is 16.5. The van der Waals surface area contributed by atoms with Crippen molar-refractivity contribution in [3.63, 3.8) is 0 Å². The van der Waals surface area contributed by atoms with E-state index in [-0.39, 0.29) is 11.8 Å². The number of anilines is 1. The van der Waals surface area contributed by atoms with Crippen molar-refractivity contribution in [2.45, 2.75) is 6.92 Å². The van der Waals surface area contributed by atoms with Gasteiger partial charge in [-0.05, 0) is 18.2 Å². The first-order valence-corrected chi connectivity index (χ1v) is 5.28. The third-order valence-corrected chi connectivity index (χ3v) is 2.60. The summed E-state index contributed by atoms with van der Waals surface area (Å²) in [7, 11) is 1.32. The van der Waals surface area contributed by atoms with Crippen LogP contribution in [0.25, 0.3) is 0 Å². The van der Waals surface area contributed by atoms with Crippen LogP contribution in [0.4, 0.5) is 5.69 Å². The molecule has 1 heterocycles. The van der Waals surface area contributed by atoms with Crippen LogP contribution in [0.1, 0.15) is 17.3 Å². The van der Waals surface area contributed by atoms with Gasteiger partial charge < -0.3 is 14.8 Å². The summed E-state index contributed by atoms with van der Waals surface area (Å²) in [6, 6.07) is 4.79. The number of esters is 1. The van der Waals surface area contributed by atoms with Gasteiger partial charge in [0.05, 0.1) is 30.9 Å². The fraction of sp³-hybridized carbons (Fsp3) is 0.333. The first-order valence-electron chi connectivity index (χ1n) is 5.28. The lowest BCUT2D eigenvalue weighted by Gasteiger charge is -2.08. The minimum atomic E-state index is -0.431. The highest BCUT2D eigenvalue weighted by Crippen LogP contribution is 2.29. The normalized spacial score (nSPS) is 18.5. The van der Waals surface area contributed by atoms with Gasteiger partial charge in [-0.1, -0.05) is 6.92 Å². The molecule has 0 aromatic heterocycles. The average molecular weight is 235 g/mol. The Balaban J connectivity index is 2.34. The fourth-order valence-electron chi connectivity index (χ4n) is 1.54. The Morgan fingerprint density at radius 2 is 2.29 bits per heavy atom. The molecule has 5 nitrogen and oxygen atoms in total. The molecule has 0 fully saturated rings. The van der Waals surface area contributed by atoms with Crippen LogP contribution in [-0.2, 0) is 9.53 Å². The van der Waals surface area contributed by atoms with Gasteiger partial charge in [0.25, 0.3) is 0 Å². The molecule has 0 saturated carbocycles. The number of rotatable bonds is 1. The predicted octanol–water partition coefficient (Wildman–Crippen LogP) is 1.44. The lowest BCUT2D eigenvalue weighted by Crippen LogP contribution is -2.21. The number of ether oxygens (including phenoxy) is 2. The summed E-state index contributed by atoms with van der Waals surface area (Å²) in [6.45, 7) is 2.08. The van der Waals surface area contributed by atoms with Crippen molar-refractivity contribution >= 4 is 17.6 Å². The number of hydrogen-bond acceptors (Lipinski definition) is 4. The number of benzene rings is 1. The van der Waals surface area contributed by atoms with Crippen molar-refractivity contribution < 1.29 is 19.1 Å². The topological polar surface area (TPSA) is 64.6 Å². The van der Waals surface area contributed by atoms with E-state index in [1.807, 2.05) is 0 Å². The zero-order valence-electron chi connectivity index (χ0n) is 9.65. The largest absolute Gasteiger partial charge is 0.491 e. The maximum absolute atomic E-state index is 11.6. The number of amides is 1. The Hall–Kier alpha value is -2.04. The summed E-state index contributed by atoms with van der Waals surface area (Å²) in [5.41, 5.74) is 0.974. The van der Waals surface area contributed by atoms with E-state index < -0.39 is 5.97 Å². The van der Waals surface area contributed by atoms with Gasteiger partial charge in [0, 0.05) is 0 Å². The third kappa shape index (κ3) is 2.22. The lowest BCUT2D eigenvalue weighted by atomic mass is 10.2. The molecule has 1 aromatic carbocycles. The van der Waals surface area contributed by atoms with Crippen LogP contribution in [0.3, 0.4) is 0 Å². The van der Waals surface area contributed by atoms with Gasteiger partial charge in [0.2, 0.25) is 5.91 Å². The zero-order valence-corrected chi connectivity index (χ0v) is 9.65. The maximum Gasteiger partial charge on any atom is 0.337 e.